The largest absolute Gasteiger partial charge is 0.334 e. The van der Waals surface area contributed by atoms with E-state index in [1.54, 1.807) is 11.3 Å². The first-order chi connectivity index (χ1) is 8.33. The lowest BCUT2D eigenvalue weighted by molar-refractivity contribution is 0.432. The highest BCUT2D eigenvalue weighted by Crippen LogP contribution is 2.25. The predicted octanol–water partition coefficient (Wildman–Crippen LogP) is 3.77. The standard InChI is InChI=1S/C13H10N2OS/c1-9-4-2-5-10(8-9)13-14-12(15-16-13)11-6-3-7-17-11/h2-8H,1H3. The Hall–Kier alpha value is -1.94. The van der Waals surface area contributed by atoms with E-state index in [4.69, 9.17) is 4.52 Å². The number of aromatic nitrogens is 2. The van der Waals surface area contributed by atoms with Gasteiger partial charge in [0.05, 0.1) is 4.88 Å². The van der Waals surface area contributed by atoms with Crippen LogP contribution in [0.2, 0.25) is 0 Å². The van der Waals surface area contributed by atoms with Gasteiger partial charge < -0.3 is 4.52 Å². The molecular weight excluding hydrogens is 232 g/mol. The summed E-state index contributed by atoms with van der Waals surface area (Å²) in [6.45, 7) is 2.04. The van der Waals surface area contributed by atoms with Crippen molar-refractivity contribution in [1.82, 2.24) is 10.1 Å². The van der Waals surface area contributed by atoms with Gasteiger partial charge in [-0.25, -0.2) is 0 Å². The van der Waals surface area contributed by atoms with Gasteiger partial charge in [-0.3, -0.25) is 0 Å². The molecule has 0 radical (unpaired) electrons. The number of hydrogen-bond donors (Lipinski definition) is 0. The maximum Gasteiger partial charge on any atom is 0.258 e. The maximum absolute atomic E-state index is 5.28. The maximum atomic E-state index is 5.28. The smallest absolute Gasteiger partial charge is 0.258 e. The van der Waals surface area contributed by atoms with Gasteiger partial charge in [-0.2, -0.15) is 4.98 Å². The van der Waals surface area contributed by atoms with Crippen LogP contribution >= 0.6 is 11.3 Å². The lowest BCUT2D eigenvalue weighted by Crippen LogP contribution is -1.79. The minimum Gasteiger partial charge on any atom is -0.334 e. The Morgan fingerprint density at radius 1 is 1.18 bits per heavy atom. The molecular formula is C13H10N2OS. The minimum atomic E-state index is 0.567. The molecule has 0 aliphatic rings. The molecule has 3 rings (SSSR count). The van der Waals surface area contributed by atoms with Gasteiger partial charge in [-0.05, 0) is 30.5 Å². The number of benzene rings is 1. The fourth-order valence-electron chi connectivity index (χ4n) is 1.62. The fraction of sp³-hybridized carbons (Fsp3) is 0.0769. The van der Waals surface area contributed by atoms with Crippen molar-refractivity contribution in [3.8, 4) is 22.2 Å². The summed E-state index contributed by atoms with van der Waals surface area (Å²) < 4.78 is 5.28. The van der Waals surface area contributed by atoms with E-state index in [1.807, 2.05) is 48.7 Å². The first-order valence-corrected chi connectivity index (χ1v) is 6.15. The van der Waals surface area contributed by atoms with Gasteiger partial charge >= 0.3 is 0 Å². The third-order valence-corrected chi connectivity index (χ3v) is 3.30. The predicted molar refractivity (Wildman–Crippen MR) is 67.8 cm³/mol. The van der Waals surface area contributed by atoms with Crippen molar-refractivity contribution in [2.75, 3.05) is 0 Å². The summed E-state index contributed by atoms with van der Waals surface area (Å²) in [5.74, 6) is 1.22. The Morgan fingerprint density at radius 2 is 2.12 bits per heavy atom. The van der Waals surface area contributed by atoms with E-state index >= 15 is 0 Å². The molecule has 4 heteroatoms. The summed E-state index contributed by atoms with van der Waals surface area (Å²) in [4.78, 5) is 5.42. The number of thiophene rings is 1. The van der Waals surface area contributed by atoms with Crippen LogP contribution in [0, 0.1) is 6.92 Å². The quantitative estimate of drug-likeness (QED) is 0.686. The van der Waals surface area contributed by atoms with Crippen LogP contribution in [0.15, 0.2) is 46.3 Å². The molecule has 3 nitrogen and oxygen atoms in total. The summed E-state index contributed by atoms with van der Waals surface area (Å²) in [5, 5.41) is 5.99. The van der Waals surface area contributed by atoms with Crippen molar-refractivity contribution >= 4 is 11.3 Å². The molecule has 0 fully saturated rings. The molecule has 17 heavy (non-hydrogen) atoms. The molecule has 0 unspecified atom stereocenters. The number of hydrogen-bond acceptors (Lipinski definition) is 4. The van der Waals surface area contributed by atoms with E-state index in [0.29, 0.717) is 11.7 Å². The third kappa shape index (κ3) is 1.99. The van der Waals surface area contributed by atoms with Crippen LogP contribution in [0.5, 0.6) is 0 Å². The molecule has 3 aromatic rings. The molecule has 84 valence electrons. The normalized spacial score (nSPS) is 10.6. The van der Waals surface area contributed by atoms with Crippen molar-refractivity contribution in [2.45, 2.75) is 6.92 Å². The van der Waals surface area contributed by atoms with Gasteiger partial charge in [0.2, 0.25) is 5.82 Å². The van der Waals surface area contributed by atoms with Crippen LogP contribution in [0.4, 0.5) is 0 Å². The second-order valence-electron chi connectivity index (χ2n) is 3.77. The van der Waals surface area contributed by atoms with E-state index in [9.17, 15) is 0 Å². The van der Waals surface area contributed by atoms with Crippen LogP contribution in [0.3, 0.4) is 0 Å². The van der Waals surface area contributed by atoms with Crippen LogP contribution < -0.4 is 0 Å². The van der Waals surface area contributed by atoms with Crippen molar-refractivity contribution in [3.05, 3.63) is 47.3 Å². The molecule has 2 heterocycles. The SMILES string of the molecule is Cc1cccc(-c2nc(-c3cccs3)no2)c1. The Labute approximate surface area is 103 Å². The zero-order valence-electron chi connectivity index (χ0n) is 9.25. The van der Waals surface area contributed by atoms with E-state index in [1.165, 1.54) is 5.56 Å². The third-order valence-electron chi connectivity index (χ3n) is 2.43. The highest BCUT2D eigenvalue weighted by atomic mass is 32.1. The Morgan fingerprint density at radius 3 is 2.88 bits per heavy atom. The topological polar surface area (TPSA) is 38.9 Å². The molecule has 0 N–H and O–H groups in total. The van der Waals surface area contributed by atoms with Crippen LogP contribution in [0.25, 0.3) is 22.2 Å². The van der Waals surface area contributed by atoms with Gasteiger partial charge in [0, 0.05) is 5.56 Å². The highest BCUT2D eigenvalue weighted by Gasteiger charge is 2.10. The Kier molecular flexibility index (Phi) is 2.49. The van der Waals surface area contributed by atoms with Crippen molar-refractivity contribution in [3.63, 3.8) is 0 Å². The highest BCUT2D eigenvalue weighted by molar-refractivity contribution is 7.13. The second-order valence-corrected chi connectivity index (χ2v) is 4.72. The van der Waals surface area contributed by atoms with Gasteiger partial charge in [0.1, 0.15) is 0 Å². The van der Waals surface area contributed by atoms with Gasteiger partial charge in [-0.15, -0.1) is 11.3 Å². The zero-order chi connectivity index (χ0) is 11.7. The molecule has 1 aromatic carbocycles. The first kappa shape index (κ1) is 10.2. The van der Waals surface area contributed by atoms with Gasteiger partial charge in [0.15, 0.2) is 0 Å². The molecule has 0 amide bonds. The lowest BCUT2D eigenvalue weighted by Gasteiger charge is -1.94. The number of aryl methyl sites for hydroxylation is 1. The fourth-order valence-corrected chi connectivity index (χ4v) is 2.27. The molecule has 0 saturated heterocycles. The van der Waals surface area contributed by atoms with E-state index in [0.717, 1.165) is 10.4 Å². The molecule has 0 bridgehead atoms. The van der Waals surface area contributed by atoms with Crippen molar-refractivity contribution < 1.29 is 4.52 Å². The van der Waals surface area contributed by atoms with Gasteiger partial charge in [-0.1, -0.05) is 28.9 Å². The molecule has 0 saturated carbocycles. The minimum absolute atomic E-state index is 0.567. The van der Waals surface area contributed by atoms with Crippen LogP contribution in [-0.2, 0) is 0 Å². The van der Waals surface area contributed by atoms with Gasteiger partial charge in [0.25, 0.3) is 5.89 Å². The van der Waals surface area contributed by atoms with E-state index in [-0.39, 0.29) is 0 Å². The zero-order valence-corrected chi connectivity index (χ0v) is 10.1. The van der Waals surface area contributed by atoms with Crippen molar-refractivity contribution in [2.24, 2.45) is 0 Å². The van der Waals surface area contributed by atoms with Crippen LogP contribution in [-0.4, -0.2) is 10.1 Å². The first-order valence-electron chi connectivity index (χ1n) is 5.27. The summed E-state index contributed by atoms with van der Waals surface area (Å²) >= 11 is 1.60. The lowest BCUT2D eigenvalue weighted by atomic mass is 10.1. The molecule has 0 aliphatic carbocycles. The molecule has 0 atom stereocenters. The van der Waals surface area contributed by atoms with Crippen LogP contribution in [0.1, 0.15) is 5.56 Å². The average molecular weight is 242 g/mol. The second kappa shape index (κ2) is 4.14. The number of rotatable bonds is 2. The average Bonchev–Trinajstić information content (AvgIpc) is 3.00. The van der Waals surface area contributed by atoms with E-state index < -0.39 is 0 Å². The molecule has 2 aromatic heterocycles. The summed E-state index contributed by atoms with van der Waals surface area (Å²) in [7, 11) is 0. The molecule has 0 spiro atoms. The summed E-state index contributed by atoms with van der Waals surface area (Å²) in [6.07, 6.45) is 0. The summed E-state index contributed by atoms with van der Waals surface area (Å²) in [5.41, 5.74) is 2.14. The Balaban J connectivity index is 2.01. The Bertz CT molecular complexity index is 628. The summed E-state index contributed by atoms with van der Waals surface area (Å²) in [6, 6.07) is 12.0. The molecule has 0 aliphatic heterocycles. The monoisotopic (exact) mass is 242 g/mol. The van der Waals surface area contributed by atoms with E-state index in [2.05, 4.69) is 10.1 Å². The van der Waals surface area contributed by atoms with Crippen molar-refractivity contribution in [1.29, 1.82) is 0 Å². The number of nitrogens with zero attached hydrogens (tertiary/aromatic N) is 2.